The minimum atomic E-state index is -0.975. The van der Waals surface area contributed by atoms with Crippen LogP contribution in [0.4, 0.5) is 6.01 Å². The Bertz CT molecular complexity index is 574. The third-order valence-electron chi connectivity index (χ3n) is 1.95. The summed E-state index contributed by atoms with van der Waals surface area (Å²) in [6.45, 7) is 0. The van der Waals surface area contributed by atoms with Gasteiger partial charge in [-0.3, -0.25) is 4.79 Å². The summed E-state index contributed by atoms with van der Waals surface area (Å²) in [5.41, 5.74) is 1.06. The van der Waals surface area contributed by atoms with Crippen LogP contribution in [0.15, 0.2) is 22.6 Å². The lowest BCUT2D eigenvalue weighted by Crippen LogP contribution is -1.99. The number of fused-ring (bicyclic) bond motifs is 1. The predicted octanol–water partition coefficient (Wildman–Crippen LogP) is 1.36. The van der Waals surface area contributed by atoms with Crippen molar-refractivity contribution in [3.8, 4) is 0 Å². The summed E-state index contributed by atoms with van der Waals surface area (Å²) in [6.07, 6.45) is -0.156. The van der Waals surface area contributed by atoms with Gasteiger partial charge in [-0.05, 0) is 17.7 Å². The fraction of sp³-hybridized carbons (Fsp3) is 0.111. The van der Waals surface area contributed by atoms with E-state index in [4.69, 9.17) is 9.52 Å². The van der Waals surface area contributed by atoms with Gasteiger partial charge in [0.15, 0.2) is 5.58 Å². The molecule has 1 N–H and O–H groups in total. The van der Waals surface area contributed by atoms with Gasteiger partial charge in [-0.2, -0.15) is 0 Å². The van der Waals surface area contributed by atoms with Gasteiger partial charge in [0.05, 0.1) is 6.42 Å². The number of hydrogen-bond acceptors (Lipinski definition) is 5. The van der Waals surface area contributed by atoms with Crippen molar-refractivity contribution in [1.29, 1.82) is 0 Å². The summed E-state index contributed by atoms with van der Waals surface area (Å²) in [7, 11) is 0. The topological polar surface area (TPSA) is 106 Å². The van der Waals surface area contributed by atoms with E-state index in [-0.39, 0.29) is 17.5 Å². The molecule has 0 saturated heterocycles. The number of hydrogen-bond donors (Lipinski definition) is 1. The first-order valence-electron chi connectivity index (χ1n) is 4.32. The molecule has 0 radical (unpaired) electrons. The number of rotatable bonds is 3. The fourth-order valence-electron chi connectivity index (χ4n) is 1.32. The van der Waals surface area contributed by atoms with E-state index in [0.717, 1.165) is 0 Å². The molecule has 0 aliphatic carbocycles. The second-order valence-electron chi connectivity index (χ2n) is 3.13. The van der Waals surface area contributed by atoms with E-state index in [0.29, 0.717) is 5.56 Å². The lowest BCUT2D eigenvalue weighted by molar-refractivity contribution is -0.406. The summed E-state index contributed by atoms with van der Waals surface area (Å²) >= 11 is 0. The average molecular weight is 222 g/mol. The van der Waals surface area contributed by atoms with Gasteiger partial charge in [0.1, 0.15) is 0 Å². The minimum Gasteiger partial charge on any atom is -0.481 e. The number of carboxylic acid groups (broad SMARTS) is 1. The van der Waals surface area contributed by atoms with Gasteiger partial charge >= 0.3 is 12.0 Å². The molecule has 1 aromatic carbocycles. The Morgan fingerprint density at radius 1 is 1.56 bits per heavy atom. The molecule has 1 aromatic heterocycles. The zero-order valence-electron chi connectivity index (χ0n) is 7.91. The molecule has 1 heterocycles. The standard InChI is InChI=1S/C9H6N2O5/c12-8(13)4-5-1-2-7-6(3-5)10-9(16-7)11(14)15/h1-3H,4H2,(H,12,13). The molecule has 0 aliphatic heterocycles. The molecule has 0 unspecified atom stereocenters. The van der Waals surface area contributed by atoms with Crippen LogP contribution in [0.2, 0.25) is 0 Å². The molecule has 0 spiro atoms. The Morgan fingerprint density at radius 2 is 2.31 bits per heavy atom. The van der Waals surface area contributed by atoms with Gasteiger partial charge in [0.2, 0.25) is 5.52 Å². The number of oxazole rings is 1. The molecule has 7 heteroatoms. The van der Waals surface area contributed by atoms with Gasteiger partial charge in [-0.1, -0.05) is 6.07 Å². The Morgan fingerprint density at radius 3 is 2.94 bits per heavy atom. The molecular formula is C9H6N2O5. The maximum atomic E-state index is 10.5. The lowest BCUT2D eigenvalue weighted by atomic mass is 10.1. The van der Waals surface area contributed by atoms with Gasteiger partial charge in [0.25, 0.3) is 0 Å². The summed E-state index contributed by atoms with van der Waals surface area (Å²) in [5, 5.41) is 19.0. The van der Waals surface area contributed by atoms with Gasteiger partial charge < -0.3 is 19.6 Å². The maximum absolute atomic E-state index is 10.5. The smallest absolute Gasteiger partial charge is 0.481 e. The number of nitro groups is 1. The second kappa shape index (κ2) is 3.61. The van der Waals surface area contributed by atoms with E-state index in [9.17, 15) is 14.9 Å². The highest BCUT2D eigenvalue weighted by molar-refractivity contribution is 5.77. The molecule has 2 rings (SSSR count). The van der Waals surface area contributed by atoms with Crippen LogP contribution in [0, 0.1) is 10.1 Å². The van der Waals surface area contributed by atoms with Crippen LogP contribution in [0.5, 0.6) is 0 Å². The molecule has 82 valence electrons. The highest BCUT2D eigenvalue weighted by atomic mass is 16.7. The summed E-state index contributed by atoms with van der Waals surface area (Å²) in [5.74, 6) is -0.975. The van der Waals surface area contributed by atoms with E-state index < -0.39 is 16.9 Å². The molecule has 0 aliphatic rings. The van der Waals surface area contributed by atoms with Crippen molar-refractivity contribution in [2.75, 3.05) is 0 Å². The molecule has 16 heavy (non-hydrogen) atoms. The summed E-state index contributed by atoms with van der Waals surface area (Å²) in [6, 6.07) is 3.86. The number of nitrogens with zero attached hydrogens (tertiary/aromatic N) is 2. The van der Waals surface area contributed by atoms with Gasteiger partial charge in [-0.15, -0.1) is 0 Å². The first-order chi connectivity index (χ1) is 7.56. The quantitative estimate of drug-likeness (QED) is 0.620. The molecule has 0 amide bonds. The zero-order valence-corrected chi connectivity index (χ0v) is 7.91. The minimum absolute atomic E-state index is 0.156. The highest BCUT2D eigenvalue weighted by Crippen LogP contribution is 2.21. The molecule has 0 saturated carbocycles. The van der Waals surface area contributed by atoms with Crippen LogP contribution >= 0.6 is 0 Å². The van der Waals surface area contributed by atoms with E-state index in [1.165, 1.54) is 18.2 Å². The van der Waals surface area contributed by atoms with Crippen molar-refractivity contribution in [3.63, 3.8) is 0 Å². The molecule has 0 fully saturated rings. The van der Waals surface area contributed by atoms with Crippen LogP contribution < -0.4 is 0 Å². The first-order valence-corrected chi connectivity index (χ1v) is 4.32. The monoisotopic (exact) mass is 222 g/mol. The highest BCUT2D eigenvalue weighted by Gasteiger charge is 2.17. The van der Waals surface area contributed by atoms with E-state index in [1.54, 1.807) is 0 Å². The molecule has 7 nitrogen and oxygen atoms in total. The van der Waals surface area contributed by atoms with Gasteiger partial charge in [-0.25, -0.2) is 0 Å². The largest absolute Gasteiger partial charge is 0.546 e. The van der Waals surface area contributed by atoms with Crippen molar-refractivity contribution < 1.29 is 19.2 Å². The SMILES string of the molecule is O=C(O)Cc1ccc2oc([N+](=O)[O-])nc2c1. The second-order valence-corrected chi connectivity index (χ2v) is 3.13. The normalized spacial score (nSPS) is 10.5. The van der Waals surface area contributed by atoms with Crippen LogP contribution in [0.1, 0.15) is 5.56 Å². The van der Waals surface area contributed by atoms with Crippen LogP contribution in [0.3, 0.4) is 0 Å². The lowest BCUT2D eigenvalue weighted by Gasteiger charge is -1.92. The average Bonchev–Trinajstić information content (AvgIpc) is 2.59. The van der Waals surface area contributed by atoms with Crippen LogP contribution in [0.25, 0.3) is 11.1 Å². The number of aliphatic carboxylic acids is 1. The van der Waals surface area contributed by atoms with Crippen molar-refractivity contribution >= 4 is 23.1 Å². The molecule has 0 bridgehead atoms. The zero-order chi connectivity index (χ0) is 11.7. The number of aromatic nitrogens is 1. The third-order valence-corrected chi connectivity index (χ3v) is 1.95. The van der Waals surface area contributed by atoms with Crippen LogP contribution in [-0.4, -0.2) is 21.0 Å². The van der Waals surface area contributed by atoms with Gasteiger partial charge in [0, 0.05) is 9.91 Å². The van der Waals surface area contributed by atoms with Crippen molar-refractivity contribution in [1.82, 2.24) is 4.98 Å². The van der Waals surface area contributed by atoms with E-state index >= 15 is 0 Å². The Labute approximate surface area is 88.5 Å². The number of carboxylic acids is 1. The molecule has 0 atom stereocenters. The Balaban J connectivity index is 2.45. The molecule has 2 aromatic rings. The number of benzene rings is 1. The summed E-state index contributed by atoms with van der Waals surface area (Å²) in [4.78, 5) is 23.7. The van der Waals surface area contributed by atoms with Crippen molar-refractivity contribution in [3.05, 3.63) is 33.9 Å². The van der Waals surface area contributed by atoms with Crippen LogP contribution in [-0.2, 0) is 11.2 Å². The van der Waals surface area contributed by atoms with E-state index in [1.807, 2.05) is 0 Å². The van der Waals surface area contributed by atoms with Crippen molar-refractivity contribution in [2.24, 2.45) is 0 Å². The maximum Gasteiger partial charge on any atom is 0.546 e. The van der Waals surface area contributed by atoms with E-state index in [2.05, 4.69) is 4.98 Å². The summed E-state index contributed by atoms with van der Waals surface area (Å²) < 4.78 is 4.83. The third kappa shape index (κ3) is 1.83. The van der Waals surface area contributed by atoms with Crippen molar-refractivity contribution in [2.45, 2.75) is 6.42 Å². The predicted molar refractivity (Wildman–Crippen MR) is 52.0 cm³/mol. The Hall–Kier alpha value is -2.44. The molecular weight excluding hydrogens is 216 g/mol. The fourth-order valence-corrected chi connectivity index (χ4v) is 1.32. The Kier molecular flexibility index (Phi) is 2.28. The first kappa shape index (κ1) is 10.1. The number of carbonyl (C=O) groups is 1.